The molecular formula is C21H30N6O2. The fourth-order valence-electron chi connectivity index (χ4n) is 4.41. The van der Waals surface area contributed by atoms with Crippen molar-refractivity contribution in [3.05, 3.63) is 45.6 Å². The van der Waals surface area contributed by atoms with E-state index >= 15 is 0 Å². The van der Waals surface area contributed by atoms with Crippen LogP contribution in [0, 0.1) is 0 Å². The van der Waals surface area contributed by atoms with Gasteiger partial charge in [0, 0.05) is 43.0 Å². The molecule has 0 aromatic carbocycles. The van der Waals surface area contributed by atoms with E-state index in [-0.39, 0.29) is 17.7 Å². The third kappa shape index (κ3) is 4.59. The van der Waals surface area contributed by atoms with Crippen LogP contribution in [0.5, 0.6) is 0 Å². The van der Waals surface area contributed by atoms with Gasteiger partial charge in [0.15, 0.2) is 0 Å². The number of aromatic nitrogens is 3. The van der Waals surface area contributed by atoms with Crippen LogP contribution < -0.4 is 15.8 Å². The normalized spacial score (nSPS) is 21.4. The molecule has 0 amide bonds. The predicted molar refractivity (Wildman–Crippen MR) is 113 cm³/mol. The molecular weight excluding hydrogens is 368 g/mol. The van der Waals surface area contributed by atoms with Gasteiger partial charge in [0.1, 0.15) is 18.0 Å². The molecule has 1 aliphatic heterocycles. The Hall–Kier alpha value is -2.45. The highest BCUT2D eigenvalue weighted by Crippen LogP contribution is 2.26. The van der Waals surface area contributed by atoms with Crippen LogP contribution in [-0.4, -0.2) is 64.3 Å². The standard InChI is InChI=1S/C21H30N6O2/c1-26(2)11-16-8-17(28)12-27(16)20-9-19(23-13-24-20)22-10-15-7-14-5-3-4-6-18(14)25-21(15)29/h7,9,13,16-17,28H,3-6,8,10-12H2,1-2H3,(H,25,29)(H,22,23,24)/t16-,17-/m1/s1. The van der Waals surface area contributed by atoms with E-state index in [4.69, 9.17) is 0 Å². The minimum Gasteiger partial charge on any atom is -0.391 e. The van der Waals surface area contributed by atoms with E-state index in [1.54, 1.807) is 0 Å². The molecule has 8 heteroatoms. The maximum atomic E-state index is 12.4. The zero-order chi connectivity index (χ0) is 20.4. The van der Waals surface area contributed by atoms with Crippen LogP contribution in [-0.2, 0) is 19.4 Å². The monoisotopic (exact) mass is 398 g/mol. The van der Waals surface area contributed by atoms with Crippen molar-refractivity contribution in [2.24, 2.45) is 0 Å². The Morgan fingerprint density at radius 3 is 2.93 bits per heavy atom. The molecule has 2 aliphatic rings. The van der Waals surface area contributed by atoms with Gasteiger partial charge in [-0.1, -0.05) is 0 Å². The van der Waals surface area contributed by atoms with Crippen LogP contribution in [0.3, 0.4) is 0 Å². The number of aryl methyl sites for hydroxylation is 2. The lowest BCUT2D eigenvalue weighted by atomic mass is 9.95. The summed E-state index contributed by atoms with van der Waals surface area (Å²) in [7, 11) is 4.07. The fraction of sp³-hybridized carbons (Fsp3) is 0.571. The Kier molecular flexibility index (Phi) is 5.82. The number of β-amino-alcohol motifs (C(OH)–C–C–N with tert-alkyl or cyclic N) is 1. The zero-order valence-electron chi connectivity index (χ0n) is 17.2. The van der Waals surface area contributed by atoms with Gasteiger partial charge in [-0.3, -0.25) is 4.79 Å². The van der Waals surface area contributed by atoms with Crippen LogP contribution in [0.2, 0.25) is 0 Å². The molecule has 2 aromatic heterocycles. The maximum Gasteiger partial charge on any atom is 0.253 e. The van der Waals surface area contributed by atoms with Gasteiger partial charge in [-0.05, 0) is 57.8 Å². The van der Waals surface area contributed by atoms with E-state index in [1.165, 1.54) is 18.3 Å². The molecule has 0 spiro atoms. The summed E-state index contributed by atoms with van der Waals surface area (Å²) in [6.45, 7) is 1.84. The zero-order valence-corrected chi connectivity index (χ0v) is 17.2. The number of anilines is 2. The van der Waals surface area contributed by atoms with E-state index < -0.39 is 0 Å². The molecule has 3 N–H and O–H groups in total. The number of hydrogen-bond donors (Lipinski definition) is 3. The van der Waals surface area contributed by atoms with Gasteiger partial charge in [0.05, 0.1) is 6.10 Å². The van der Waals surface area contributed by atoms with Crippen molar-refractivity contribution >= 4 is 11.6 Å². The van der Waals surface area contributed by atoms with E-state index in [0.717, 1.165) is 49.3 Å². The van der Waals surface area contributed by atoms with Crippen molar-refractivity contribution in [3.63, 3.8) is 0 Å². The van der Waals surface area contributed by atoms with Crippen LogP contribution in [0.4, 0.5) is 11.6 Å². The number of pyridine rings is 1. The van der Waals surface area contributed by atoms with Crippen LogP contribution >= 0.6 is 0 Å². The number of hydrogen-bond acceptors (Lipinski definition) is 7. The lowest BCUT2D eigenvalue weighted by Gasteiger charge is -2.27. The molecule has 0 saturated carbocycles. The van der Waals surface area contributed by atoms with Crippen molar-refractivity contribution in [1.82, 2.24) is 19.9 Å². The average molecular weight is 399 g/mol. The number of aromatic amines is 1. The SMILES string of the molecule is CN(C)C[C@H]1C[C@@H](O)CN1c1cc(NCc2cc3c([nH]c2=O)CCCC3)ncn1. The van der Waals surface area contributed by atoms with Gasteiger partial charge in [-0.15, -0.1) is 0 Å². The van der Waals surface area contributed by atoms with Gasteiger partial charge < -0.3 is 25.2 Å². The van der Waals surface area contributed by atoms with Gasteiger partial charge >= 0.3 is 0 Å². The molecule has 4 rings (SSSR count). The minimum atomic E-state index is -0.347. The molecule has 1 fully saturated rings. The summed E-state index contributed by atoms with van der Waals surface area (Å²) in [4.78, 5) is 28.5. The summed E-state index contributed by atoms with van der Waals surface area (Å²) in [5.74, 6) is 1.47. The summed E-state index contributed by atoms with van der Waals surface area (Å²) < 4.78 is 0. The van der Waals surface area contributed by atoms with Crippen LogP contribution in [0.15, 0.2) is 23.3 Å². The van der Waals surface area contributed by atoms with Gasteiger partial charge in [-0.25, -0.2) is 9.97 Å². The molecule has 2 atom stereocenters. The molecule has 29 heavy (non-hydrogen) atoms. The molecule has 0 bridgehead atoms. The summed E-state index contributed by atoms with van der Waals surface area (Å²) in [6, 6.07) is 4.14. The molecule has 0 radical (unpaired) electrons. The molecule has 156 valence electrons. The van der Waals surface area contributed by atoms with Crippen LogP contribution in [0.1, 0.15) is 36.1 Å². The lowest BCUT2D eigenvalue weighted by molar-refractivity contribution is 0.191. The summed E-state index contributed by atoms with van der Waals surface area (Å²) in [5.41, 5.74) is 3.05. The quantitative estimate of drug-likeness (QED) is 0.672. The summed E-state index contributed by atoms with van der Waals surface area (Å²) >= 11 is 0. The molecule has 8 nitrogen and oxygen atoms in total. The predicted octanol–water partition coefficient (Wildman–Crippen LogP) is 1.16. The second-order valence-electron chi connectivity index (χ2n) is 8.41. The van der Waals surface area contributed by atoms with Crippen molar-refractivity contribution < 1.29 is 5.11 Å². The number of nitrogens with one attached hydrogen (secondary N) is 2. The molecule has 1 saturated heterocycles. The van der Waals surface area contributed by atoms with Crippen molar-refractivity contribution in [2.75, 3.05) is 37.4 Å². The number of likely N-dealkylation sites (N-methyl/N-ethyl adjacent to an activating group) is 1. The molecule has 3 heterocycles. The fourth-order valence-corrected chi connectivity index (χ4v) is 4.41. The first-order valence-corrected chi connectivity index (χ1v) is 10.4. The number of fused-ring (bicyclic) bond motifs is 1. The Bertz CT molecular complexity index is 912. The van der Waals surface area contributed by atoms with E-state index in [1.807, 2.05) is 26.2 Å². The minimum absolute atomic E-state index is 0.0267. The van der Waals surface area contributed by atoms with E-state index in [2.05, 4.69) is 30.1 Å². The maximum absolute atomic E-state index is 12.4. The Balaban J connectivity index is 1.48. The van der Waals surface area contributed by atoms with Gasteiger partial charge in [0.2, 0.25) is 0 Å². The van der Waals surface area contributed by atoms with Crippen molar-refractivity contribution in [1.29, 1.82) is 0 Å². The molecule has 0 unspecified atom stereocenters. The number of rotatable bonds is 6. The Morgan fingerprint density at radius 1 is 1.28 bits per heavy atom. The number of H-pyrrole nitrogens is 1. The highest BCUT2D eigenvalue weighted by Gasteiger charge is 2.32. The van der Waals surface area contributed by atoms with Gasteiger partial charge in [-0.2, -0.15) is 0 Å². The van der Waals surface area contributed by atoms with E-state index in [0.29, 0.717) is 18.9 Å². The van der Waals surface area contributed by atoms with Crippen molar-refractivity contribution in [3.8, 4) is 0 Å². The molecule has 2 aromatic rings. The van der Waals surface area contributed by atoms with Crippen molar-refractivity contribution in [2.45, 2.75) is 50.8 Å². The highest BCUT2D eigenvalue weighted by molar-refractivity contribution is 5.50. The number of aliphatic hydroxyl groups is 1. The summed E-state index contributed by atoms with van der Waals surface area (Å²) in [6.07, 6.45) is 6.23. The number of nitrogens with zero attached hydrogens (tertiary/aromatic N) is 4. The third-order valence-corrected chi connectivity index (χ3v) is 5.79. The second kappa shape index (κ2) is 8.51. The first-order chi connectivity index (χ1) is 14.0. The average Bonchev–Trinajstić information content (AvgIpc) is 3.06. The smallest absolute Gasteiger partial charge is 0.253 e. The second-order valence-corrected chi connectivity index (χ2v) is 8.41. The first kappa shape index (κ1) is 19.8. The lowest BCUT2D eigenvalue weighted by Crippen LogP contribution is -2.38. The van der Waals surface area contributed by atoms with Crippen LogP contribution in [0.25, 0.3) is 0 Å². The third-order valence-electron chi connectivity index (χ3n) is 5.79. The highest BCUT2D eigenvalue weighted by atomic mass is 16.3. The topological polar surface area (TPSA) is 97.4 Å². The van der Waals surface area contributed by atoms with Gasteiger partial charge in [0.25, 0.3) is 5.56 Å². The summed E-state index contributed by atoms with van der Waals surface area (Å²) in [5, 5.41) is 13.4. The Labute approximate surface area is 171 Å². The van der Waals surface area contributed by atoms with E-state index in [9.17, 15) is 9.90 Å². The Morgan fingerprint density at radius 2 is 2.10 bits per heavy atom. The first-order valence-electron chi connectivity index (χ1n) is 10.4. The largest absolute Gasteiger partial charge is 0.391 e. The molecule has 1 aliphatic carbocycles. The number of aliphatic hydroxyl groups excluding tert-OH is 1.